The van der Waals surface area contributed by atoms with Crippen LogP contribution < -0.4 is 11.1 Å². The molecule has 0 aliphatic rings. The van der Waals surface area contributed by atoms with Crippen molar-refractivity contribution < 1.29 is 22.7 Å². The van der Waals surface area contributed by atoms with Crippen molar-refractivity contribution in [1.82, 2.24) is 5.32 Å². The molecule has 1 amide bonds. The van der Waals surface area contributed by atoms with Crippen LogP contribution in [-0.2, 0) is 15.7 Å². The molecule has 1 rings (SSSR count). The zero-order chi connectivity index (χ0) is 15.2. The van der Waals surface area contributed by atoms with Crippen LogP contribution in [-0.4, -0.2) is 26.2 Å². The standard InChI is InChI=1S/C13H17F3N2O2/c1-20-6-5-18-12(19)8-11(17)9-3-2-4-10(7-9)13(14,15)16/h2-4,7,11H,5-6,8,17H2,1H3,(H,18,19). The summed E-state index contributed by atoms with van der Waals surface area (Å²) in [4.78, 5) is 11.5. The average molecular weight is 290 g/mol. The molecular formula is C13H17F3N2O2. The van der Waals surface area contributed by atoms with Gasteiger partial charge < -0.3 is 15.8 Å². The van der Waals surface area contributed by atoms with Gasteiger partial charge >= 0.3 is 6.18 Å². The second-order valence-electron chi connectivity index (χ2n) is 4.28. The minimum Gasteiger partial charge on any atom is -0.383 e. The number of hydrogen-bond acceptors (Lipinski definition) is 3. The van der Waals surface area contributed by atoms with Gasteiger partial charge in [-0.25, -0.2) is 0 Å². The first kappa shape index (κ1) is 16.5. The lowest BCUT2D eigenvalue weighted by Crippen LogP contribution is -2.30. The van der Waals surface area contributed by atoms with Gasteiger partial charge in [0.05, 0.1) is 12.2 Å². The molecule has 0 spiro atoms. The zero-order valence-electron chi connectivity index (χ0n) is 11.0. The van der Waals surface area contributed by atoms with E-state index in [2.05, 4.69) is 5.32 Å². The van der Waals surface area contributed by atoms with Gasteiger partial charge in [0.15, 0.2) is 0 Å². The van der Waals surface area contributed by atoms with Crippen molar-refractivity contribution in [2.24, 2.45) is 5.73 Å². The maximum atomic E-state index is 12.6. The summed E-state index contributed by atoms with van der Waals surface area (Å²) in [5.41, 5.74) is 5.26. The minimum atomic E-state index is -4.42. The summed E-state index contributed by atoms with van der Waals surface area (Å²) in [5, 5.41) is 2.56. The highest BCUT2D eigenvalue weighted by molar-refractivity contribution is 5.76. The van der Waals surface area contributed by atoms with Crippen LogP contribution in [0.25, 0.3) is 0 Å². The average Bonchev–Trinajstić information content (AvgIpc) is 2.38. The molecule has 1 aromatic rings. The van der Waals surface area contributed by atoms with Gasteiger partial charge in [-0.1, -0.05) is 12.1 Å². The Bertz CT molecular complexity index is 449. The molecule has 1 atom stereocenters. The van der Waals surface area contributed by atoms with E-state index >= 15 is 0 Å². The summed E-state index contributed by atoms with van der Waals surface area (Å²) in [6.07, 6.45) is -4.50. The first-order valence-electron chi connectivity index (χ1n) is 6.03. The molecule has 4 nitrogen and oxygen atoms in total. The van der Waals surface area contributed by atoms with Crippen molar-refractivity contribution in [2.75, 3.05) is 20.3 Å². The minimum absolute atomic E-state index is 0.0783. The van der Waals surface area contributed by atoms with Crippen molar-refractivity contribution >= 4 is 5.91 Å². The molecular weight excluding hydrogens is 273 g/mol. The normalized spacial score (nSPS) is 13.1. The Balaban J connectivity index is 2.63. The van der Waals surface area contributed by atoms with Crippen LogP contribution in [0.3, 0.4) is 0 Å². The smallest absolute Gasteiger partial charge is 0.383 e. The van der Waals surface area contributed by atoms with Gasteiger partial charge in [0.25, 0.3) is 0 Å². The summed E-state index contributed by atoms with van der Waals surface area (Å²) in [6, 6.07) is 3.91. The predicted octanol–water partition coefficient (Wildman–Crippen LogP) is 1.86. The number of rotatable bonds is 6. The monoisotopic (exact) mass is 290 g/mol. The molecule has 0 saturated heterocycles. The molecule has 112 valence electrons. The van der Waals surface area contributed by atoms with Crippen LogP contribution in [0.5, 0.6) is 0 Å². The van der Waals surface area contributed by atoms with Gasteiger partial charge in [-0.05, 0) is 17.7 Å². The van der Waals surface area contributed by atoms with Gasteiger partial charge in [-0.2, -0.15) is 13.2 Å². The molecule has 20 heavy (non-hydrogen) atoms. The summed E-state index contributed by atoms with van der Waals surface area (Å²) in [5.74, 6) is -0.327. The maximum Gasteiger partial charge on any atom is 0.416 e. The topological polar surface area (TPSA) is 64.3 Å². The highest BCUT2D eigenvalue weighted by atomic mass is 19.4. The van der Waals surface area contributed by atoms with Crippen molar-refractivity contribution in [3.05, 3.63) is 35.4 Å². The molecule has 1 unspecified atom stereocenters. The van der Waals surface area contributed by atoms with Crippen LogP contribution in [0, 0.1) is 0 Å². The van der Waals surface area contributed by atoms with Crippen LogP contribution in [0.15, 0.2) is 24.3 Å². The number of ether oxygens (including phenoxy) is 1. The SMILES string of the molecule is COCCNC(=O)CC(N)c1cccc(C(F)(F)F)c1. The Kier molecular flexibility index (Phi) is 5.97. The lowest BCUT2D eigenvalue weighted by atomic mass is 10.0. The molecule has 0 bridgehead atoms. The van der Waals surface area contributed by atoms with Crippen molar-refractivity contribution in [2.45, 2.75) is 18.6 Å². The van der Waals surface area contributed by atoms with Crippen LogP contribution in [0.2, 0.25) is 0 Å². The molecule has 0 radical (unpaired) electrons. The lowest BCUT2D eigenvalue weighted by Gasteiger charge is -2.14. The third-order valence-corrected chi connectivity index (χ3v) is 2.68. The number of amides is 1. The van der Waals surface area contributed by atoms with E-state index in [1.165, 1.54) is 19.2 Å². The Morgan fingerprint density at radius 1 is 1.45 bits per heavy atom. The molecule has 0 aromatic heterocycles. The number of hydrogen-bond donors (Lipinski definition) is 2. The van der Waals surface area contributed by atoms with Crippen LogP contribution in [0.4, 0.5) is 13.2 Å². The van der Waals surface area contributed by atoms with E-state index in [1.54, 1.807) is 0 Å². The van der Waals surface area contributed by atoms with Crippen molar-refractivity contribution in [3.63, 3.8) is 0 Å². The summed E-state index contributed by atoms with van der Waals surface area (Å²) < 4.78 is 42.5. The number of nitrogens with two attached hydrogens (primary N) is 1. The van der Waals surface area contributed by atoms with Crippen LogP contribution in [0.1, 0.15) is 23.6 Å². The molecule has 0 fully saturated rings. The third-order valence-electron chi connectivity index (χ3n) is 2.68. The Morgan fingerprint density at radius 3 is 2.75 bits per heavy atom. The largest absolute Gasteiger partial charge is 0.416 e. The van der Waals surface area contributed by atoms with E-state index < -0.39 is 17.8 Å². The van der Waals surface area contributed by atoms with Gasteiger partial charge in [-0.15, -0.1) is 0 Å². The van der Waals surface area contributed by atoms with E-state index in [4.69, 9.17) is 10.5 Å². The second-order valence-corrected chi connectivity index (χ2v) is 4.28. The second kappa shape index (κ2) is 7.25. The number of nitrogens with one attached hydrogen (secondary N) is 1. The first-order valence-corrected chi connectivity index (χ1v) is 6.03. The van der Waals surface area contributed by atoms with E-state index in [-0.39, 0.29) is 17.9 Å². The zero-order valence-corrected chi connectivity index (χ0v) is 11.0. The molecule has 0 aliphatic carbocycles. The van der Waals surface area contributed by atoms with Crippen molar-refractivity contribution in [3.8, 4) is 0 Å². The molecule has 1 aromatic carbocycles. The van der Waals surface area contributed by atoms with E-state index in [9.17, 15) is 18.0 Å². The predicted molar refractivity (Wildman–Crippen MR) is 67.9 cm³/mol. The molecule has 0 aliphatic heterocycles. The Labute approximate surface area is 115 Å². The number of alkyl halides is 3. The van der Waals surface area contributed by atoms with E-state index in [0.717, 1.165) is 12.1 Å². The van der Waals surface area contributed by atoms with Gasteiger partial charge in [0.2, 0.25) is 5.91 Å². The highest BCUT2D eigenvalue weighted by Gasteiger charge is 2.30. The van der Waals surface area contributed by atoms with E-state index in [0.29, 0.717) is 13.2 Å². The van der Waals surface area contributed by atoms with Crippen LogP contribution >= 0.6 is 0 Å². The fraction of sp³-hybridized carbons (Fsp3) is 0.462. The number of halogens is 3. The summed E-state index contributed by atoms with van der Waals surface area (Å²) in [7, 11) is 1.50. The first-order chi connectivity index (χ1) is 9.34. The third kappa shape index (κ3) is 5.18. The number of carbonyl (C=O) groups excluding carboxylic acids is 1. The van der Waals surface area contributed by atoms with Gasteiger partial charge in [0.1, 0.15) is 0 Å². The summed E-state index contributed by atoms with van der Waals surface area (Å²) in [6.45, 7) is 0.704. The van der Waals surface area contributed by atoms with E-state index in [1.807, 2.05) is 0 Å². The number of methoxy groups -OCH3 is 1. The quantitative estimate of drug-likeness (QED) is 0.786. The molecule has 7 heteroatoms. The molecule has 0 heterocycles. The summed E-state index contributed by atoms with van der Waals surface area (Å²) >= 11 is 0. The molecule has 3 N–H and O–H groups in total. The fourth-order valence-electron chi connectivity index (χ4n) is 1.63. The Hall–Kier alpha value is -1.60. The lowest BCUT2D eigenvalue weighted by molar-refractivity contribution is -0.137. The van der Waals surface area contributed by atoms with Gasteiger partial charge in [0, 0.05) is 26.1 Å². The number of carbonyl (C=O) groups is 1. The maximum absolute atomic E-state index is 12.6. The fourth-order valence-corrected chi connectivity index (χ4v) is 1.63. The van der Waals surface area contributed by atoms with Gasteiger partial charge in [-0.3, -0.25) is 4.79 Å². The highest BCUT2D eigenvalue weighted by Crippen LogP contribution is 2.30. The van der Waals surface area contributed by atoms with Crippen molar-refractivity contribution in [1.29, 1.82) is 0 Å². The Morgan fingerprint density at radius 2 is 2.15 bits per heavy atom. The number of benzene rings is 1. The molecule has 0 saturated carbocycles.